The first kappa shape index (κ1) is 27.0. The third-order valence-electron chi connectivity index (χ3n) is 5.54. The van der Waals surface area contributed by atoms with E-state index in [4.69, 9.17) is 9.15 Å². The van der Waals surface area contributed by atoms with E-state index in [1.807, 2.05) is 45.0 Å². The molecular formula is C26H31N3O6S. The van der Waals surface area contributed by atoms with Crippen LogP contribution in [0.15, 0.2) is 53.8 Å². The molecule has 3 amide bonds. The van der Waals surface area contributed by atoms with Crippen LogP contribution in [0, 0.1) is 0 Å². The van der Waals surface area contributed by atoms with Gasteiger partial charge in [0.25, 0.3) is 0 Å². The number of hydrogen-bond acceptors (Lipinski definition) is 6. The number of ether oxygens (including phenoxy) is 1. The Kier molecular flexibility index (Phi) is 7.61. The Balaban J connectivity index is 2.18. The third-order valence-corrected chi connectivity index (χ3v) is 6.21. The van der Waals surface area contributed by atoms with Crippen LogP contribution in [0.3, 0.4) is 0 Å². The lowest BCUT2D eigenvalue weighted by Crippen LogP contribution is -2.39. The van der Waals surface area contributed by atoms with Crippen LogP contribution in [0.4, 0.5) is 10.5 Å². The fourth-order valence-electron chi connectivity index (χ4n) is 3.86. The number of nitrogens with one attached hydrogen (secondary N) is 2. The lowest BCUT2D eigenvalue weighted by molar-refractivity contribution is -0.117. The van der Waals surface area contributed by atoms with Crippen molar-refractivity contribution in [1.82, 2.24) is 10.0 Å². The van der Waals surface area contributed by atoms with E-state index in [9.17, 15) is 18.0 Å². The molecule has 36 heavy (non-hydrogen) atoms. The molecule has 0 aliphatic rings. The van der Waals surface area contributed by atoms with Gasteiger partial charge < -0.3 is 9.15 Å². The maximum atomic E-state index is 12.7. The highest BCUT2D eigenvalue weighted by molar-refractivity contribution is 7.88. The quantitative estimate of drug-likeness (QED) is 0.474. The maximum Gasteiger partial charge on any atom is 0.332 e. The number of furan rings is 1. The number of methoxy groups -OCH3 is 1. The zero-order valence-corrected chi connectivity index (χ0v) is 22.1. The molecule has 0 saturated carbocycles. The number of carbonyl (C=O) groups excluding carboxylic acids is 2. The predicted octanol–water partition coefficient (Wildman–Crippen LogP) is 4.66. The van der Waals surface area contributed by atoms with Gasteiger partial charge in [0.15, 0.2) is 0 Å². The third kappa shape index (κ3) is 5.95. The van der Waals surface area contributed by atoms with Crippen LogP contribution in [-0.4, -0.2) is 33.7 Å². The standard InChI is InChI=1S/C26H31N3O6S/c1-8-29(25(31)28-16(2)30)19-12-21(24(34-6)22(13-19)26(3,4)5)17-9-10-20-18(14-27-36(7,32)33)15-35-23(20)11-17/h8-13,15,27H,1,14H2,2-7H3,(H,28,30,31). The van der Waals surface area contributed by atoms with Crippen molar-refractivity contribution < 1.29 is 27.2 Å². The number of imide groups is 1. The molecule has 1 heterocycles. The molecule has 192 valence electrons. The molecule has 0 bridgehead atoms. The van der Waals surface area contributed by atoms with E-state index in [-0.39, 0.29) is 12.0 Å². The molecule has 0 fully saturated rings. The van der Waals surface area contributed by atoms with E-state index < -0.39 is 22.0 Å². The highest BCUT2D eigenvalue weighted by atomic mass is 32.2. The number of rotatable bonds is 7. The zero-order valence-electron chi connectivity index (χ0n) is 21.3. The highest BCUT2D eigenvalue weighted by Gasteiger charge is 2.26. The number of nitrogens with zero attached hydrogens (tertiary/aromatic N) is 1. The molecule has 3 rings (SSSR count). The number of hydrogen-bond donors (Lipinski definition) is 2. The number of carbonyl (C=O) groups is 2. The molecule has 0 unspecified atom stereocenters. The number of fused-ring (bicyclic) bond motifs is 1. The van der Waals surface area contributed by atoms with Gasteiger partial charge >= 0.3 is 6.03 Å². The van der Waals surface area contributed by atoms with Crippen LogP contribution in [0.1, 0.15) is 38.8 Å². The molecule has 0 spiro atoms. The van der Waals surface area contributed by atoms with Crippen molar-refractivity contribution in [2.75, 3.05) is 18.3 Å². The Labute approximate surface area is 211 Å². The number of anilines is 1. The minimum atomic E-state index is -3.35. The largest absolute Gasteiger partial charge is 0.496 e. The maximum absolute atomic E-state index is 12.7. The highest BCUT2D eigenvalue weighted by Crippen LogP contribution is 2.43. The number of benzene rings is 2. The molecule has 2 N–H and O–H groups in total. The fourth-order valence-corrected chi connectivity index (χ4v) is 4.27. The van der Waals surface area contributed by atoms with E-state index in [1.54, 1.807) is 13.2 Å². The monoisotopic (exact) mass is 513 g/mol. The summed E-state index contributed by atoms with van der Waals surface area (Å²) >= 11 is 0. The van der Waals surface area contributed by atoms with E-state index in [1.165, 1.54) is 24.3 Å². The molecule has 1 aromatic heterocycles. The second-order valence-corrected chi connectivity index (χ2v) is 11.3. The van der Waals surface area contributed by atoms with Crippen LogP contribution in [0.2, 0.25) is 0 Å². The Morgan fingerprint density at radius 2 is 1.89 bits per heavy atom. The molecule has 0 radical (unpaired) electrons. The summed E-state index contributed by atoms with van der Waals surface area (Å²) < 4.78 is 37.0. The summed E-state index contributed by atoms with van der Waals surface area (Å²) in [4.78, 5) is 25.4. The van der Waals surface area contributed by atoms with Gasteiger partial charge in [-0.2, -0.15) is 0 Å². The minimum absolute atomic E-state index is 0.109. The molecule has 10 heteroatoms. The van der Waals surface area contributed by atoms with Crippen molar-refractivity contribution in [1.29, 1.82) is 0 Å². The van der Waals surface area contributed by atoms with Crippen LogP contribution >= 0.6 is 0 Å². The summed E-state index contributed by atoms with van der Waals surface area (Å²) in [6, 6.07) is 8.56. The van der Waals surface area contributed by atoms with E-state index in [0.29, 0.717) is 28.1 Å². The summed E-state index contributed by atoms with van der Waals surface area (Å²) in [7, 11) is -1.77. The van der Waals surface area contributed by atoms with E-state index in [0.717, 1.165) is 22.8 Å². The number of amides is 3. The van der Waals surface area contributed by atoms with E-state index >= 15 is 0 Å². The first-order valence-electron chi connectivity index (χ1n) is 11.2. The van der Waals surface area contributed by atoms with Gasteiger partial charge in [-0.05, 0) is 29.2 Å². The summed E-state index contributed by atoms with van der Waals surface area (Å²) in [5.41, 5.74) is 3.74. The van der Waals surface area contributed by atoms with Gasteiger partial charge in [-0.3, -0.25) is 15.0 Å². The molecule has 0 saturated heterocycles. The normalized spacial score (nSPS) is 11.8. The summed E-state index contributed by atoms with van der Waals surface area (Å²) in [6.45, 7) is 11.2. The van der Waals surface area contributed by atoms with Crippen molar-refractivity contribution >= 4 is 38.6 Å². The average molecular weight is 514 g/mol. The zero-order chi connectivity index (χ0) is 26.8. The Morgan fingerprint density at radius 1 is 1.19 bits per heavy atom. The molecule has 0 aliphatic heterocycles. The Bertz CT molecular complexity index is 1430. The van der Waals surface area contributed by atoms with Gasteiger partial charge in [0.1, 0.15) is 11.3 Å². The van der Waals surface area contributed by atoms with Crippen molar-refractivity contribution in [3.63, 3.8) is 0 Å². The topological polar surface area (TPSA) is 118 Å². The lowest BCUT2D eigenvalue weighted by Gasteiger charge is -2.27. The molecule has 3 aromatic rings. The second kappa shape index (κ2) is 10.2. The van der Waals surface area contributed by atoms with Gasteiger partial charge in [-0.1, -0.05) is 39.5 Å². The SMILES string of the molecule is C=CN(C(=O)NC(C)=O)c1cc(-c2ccc3c(CNS(C)(=O)=O)coc3c2)c(OC)c(C(C)(C)C)c1. The van der Waals surface area contributed by atoms with Gasteiger partial charge in [-0.25, -0.2) is 17.9 Å². The smallest absolute Gasteiger partial charge is 0.332 e. The van der Waals surface area contributed by atoms with Gasteiger partial charge in [0.05, 0.1) is 25.3 Å². The summed E-state index contributed by atoms with van der Waals surface area (Å²) in [5, 5.41) is 3.04. The van der Waals surface area contributed by atoms with Gasteiger partial charge in [0, 0.05) is 41.7 Å². The number of urea groups is 1. The first-order valence-corrected chi connectivity index (χ1v) is 13.0. The van der Waals surface area contributed by atoms with Crippen molar-refractivity contribution in [2.24, 2.45) is 0 Å². The van der Waals surface area contributed by atoms with Crippen LogP contribution in [-0.2, 0) is 26.8 Å². The van der Waals surface area contributed by atoms with Crippen molar-refractivity contribution in [3.05, 3.63) is 60.5 Å². The van der Waals surface area contributed by atoms with Crippen molar-refractivity contribution in [2.45, 2.75) is 39.7 Å². The Hall–Kier alpha value is -3.63. The second-order valence-electron chi connectivity index (χ2n) is 9.43. The molecule has 2 aromatic carbocycles. The predicted molar refractivity (Wildman–Crippen MR) is 140 cm³/mol. The Morgan fingerprint density at radius 3 is 2.44 bits per heavy atom. The molecule has 9 nitrogen and oxygen atoms in total. The van der Waals surface area contributed by atoms with Crippen molar-refractivity contribution in [3.8, 4) is 16.9 Å². The van der Waals surface area contributed by atoms with Crippen LogP contribution in [0.25, 0.3) is 22.1 Å². The molecule has 0 aliphatic carbocycles. The first-order chi connectivity index (χ1) is 16.7. The van der Waals surface area contributed by atoms with Gasteiger partial charge in [-0.15, -0.1) is 0 Å². The number of sulfonamides is 1. The fraction of sp³-hybridized carbons (Fsp3) is 0.308. The van der Waals surface area contributed by atoms with Gasteiger partial charge in [0.2, 0.25) is 15.9 Å². The van der Waals surface area contributed by atoms with Crippen LogP contribution in [0.5, 0.6) is 5.75 Å². The minimum Gasteiger partial charge on any atom is -0.496 e. The summed E-state index contributed by atoms with van der Waals surface area (Å²) in [6.07, 6.45) is 3.96. The summed E-state index contributed by atoms with van der Waals surface area (Å²) in [5.74, 6) is 0.146. The lowest BCUT2D eigenvalue weighted by atomic mass is 9.83. The van der Waals surface area contributed by atoms with E-state index in [2.05, 4.69) is 16.6 Å². The average Bonchev–Trinajstić information content (AvgIpc) is 3.18. The molecule has 0 atom stereocenters. The molecular weight excluding hydrogens is 482 g/mol. The van der Waals surface area contributed by atoms with Crippen LogP contribution < -0.4 is 19.7 Å².